The van der Waals surface area contributed by atoms with Crippen molar-refractivity contribution in [2.45, 2.75) is 38.3 Å². The van der Waals surface area contributed by atoms with E-state index in [1.807, 2.05) is 12.1 Å². The average molecular weight is 359 g/mol. The summed E-state index contributed by atoms with van der Waals surface area (Å²) < 4.78 is 0. The Morgan fingerprint density at radius 2 is 1.74 bits per heavy atom. The van der Waals surface area contributed by atoms with Gasteiger partial charge < -0.3 is 5.11 Å². The number of hydrogen-bond donors (Lipinski definition) is 1. The van der Waals surface area contributed by atoms with Gasteiger partial charge in [0.05, 0.1) is 6.04 Å². The Kier molecular flexibility index (Phi) is 4.95. The molecule has 3 aromatic carbocycles. The zero-order valence-corrected chi connectivity index (χ0v) is 15.6. The Hall–Kier alpha value is -2.65. The van der Waals surface area contributed by atoms with Gasteiger partial charge in [-0.05, 0) is 52.8 Å². The number of carbonyl (C=O) groups is 1. The molecule has 0 radical (unpaired) electrons. The number of nitrogens with zero attached hydrogens (tertiary/aromatic N) is 1. The van der Waals surface area contributed by atoms with Gasteiger partial charge in [0.25, 0.3) is 0 Å². The van der Waals surface area contributed by atoms with Crippen molar-refractivity contribution in [1.29, 1.82) is 0 Å². The largest absolute Gasteiger partial charge is 0.480 e. The van der Waals surface area contributed by atoms with Crippen molar-refractivity contribution >= 4 is 16.7 Å². The van der Waals surface area contributed by atoms with Gasteiger partial charge in [-0.25, -0.2) is 0 Å². The van der Waals surface area contributed by atoms with Crippen molar-refractivity contribution in [3.63, 3.8) is 0 Å². The number of hydrogen-bond acceptors (Lipinski definition) is 2. The topological polar surface area (TPSA) is 40.5 Å². The fraction of sp³-hybridized carbons (Fsp3) is 0.292. The van der Waals surface area contributed by atoms with Gasteiger partial charge in [-0.3, -0.25) is 9.69 Å². The smallest absolute Gasteiger partial charge is 0.320 e. The SMILES string of the molecule is CCc1ccc(C(c2ccc3ccccc3c2)N2CCCC2C(=O)O)cc1. The first-order valence-corrected chi connectivity index (χ1v) is 9.73. The second-order valence-electron chi connectivity index (χ2n) is 7.34. The molecule has 0 saturated carbocycles. The van der Waals surface area contributed by atoms with Crippen molar-refractivity contribution in [3.8, 4) is 0 Å². The van der Waals surface area contributed by atoms with Gasteiger partial charge in [-0.2, -0.15) is 0 Å². The van der Waals surface area contributed by atoms with Crippen LogP contribution in [0.15, 0.2) is 66.7 Å². The van der Waals surface area contributed by atoms with Crippen LogP contribution in [-0.4, -0.2) is 28.6 Å². The molecule has 0 amide bonds. The van der Waals surface area contributed by atoms with E-state index in [2.05, 4.69) is 66.4 Å². The van der Waals surface area contributed by atoms with Gasteiger partial charge in [-0.15, -0.1) is 0 Å². The van der Waals surface area contributed by atoms with E-state index in [4.69, 9.17) is 0 Å². The molecule has 3 aromatic rings. The maximum Gasteiger partial charge on any atom is 0.320 e. The summed E-state index contributed by atoms with van der Waals surface area (Å²) in [6.45, 7) is 2.96. The highest BCUT2D eigenvalue weighted by Crippen LogP contribution is 2.36. The Bertz CT molecular complexity index is 948. The van der Waals surface area contributed by atoms with E-state index < -0.39 is 12.0 Å². The molecule has 0 aliphatic carbocycles. The van der Waals surface area contributed by atoms with Crippen LogP contribution in [0.3, 0.4) is 0 Å². The lowest BCUT2D eigenvalue weighted by atomic mass is 9.93. The number of likely N-dealkylation sites (tertiary alicyclic amines) is 1. The van der Waals surface area contributed by atoms with Gasteiger partial charge >= 0.3 is 5.97 Å². The van der Waals surface area contributed by atoms with Crippen LogP contribution in [0.2, 0.25) is 0 Å². The van der Waals surface area contributed by atoms with E-state index >= 15 is 0 Å². The van der Waals surface area contributed by atoms with E-state index in [1.54, 1.807) is 0 Å². The second-order valence-corrected chi connectivity index (χ2v) is 7.34. The molecule has 2 unspecified atom stereocenters. The van der Waals surface area contributed by atoms with Gasteiger partial charge in [0.15, 0.2) is 0 Å². The summed E-state index contributed by atoms with van der Waals surface area (Å²) >= 11 is 0. The summed E-state index contributed by atoms with van der Waals surface area (Å²) in [5.74, 6) is -0.719. The molecule has 1 saturated heterocycles. The van der Waals surface area contributed by atoms with Gasteiger partial charge in [0.2, 0.25) is 0 Å². The average Bonchev–Trinajstić information content (AvgIpc) is 3.18. The molecule has 1 aliphatic rings. The molecule has 1 N–H and O–H groups in total. The maximum absolute atomic E-state index is 11.9. The number of aliphatic carboxylic acids is 1. The Labute approximate surface area is 160 Å². The molecule has 0 bridgehead atoms. The lowest BCUT2D eigenvalue weighted by molar-refractivity contribution is -0.142. The molecule has 138 valence electrons. The van der Waals surface area contributed by atoms with E-state index in [9.17, 15) is 9.90 Å². The summed E-state index contributed by atoms with van der Waals surface area (Å²) in [5, 5.41) is 12.1. The molecule has 2 atom stereocenters. The molecule has 27 heavy (non-hydrogen) atoms. The van der Waals surface area contributed by atoms with E-state index in [-0.39, 0.29) is 6.04 Å². The minimum atomic E-state index is -0.719. The second kappa shape index (κ2) is 7.53. The predicted molar refractivity (Wildman–Crippen MR) is 109 cm³/mol. The standard InChI is InChI=1S/C24H25NO2/c1-2-17-9-11-19(12-10-17)23(25-15-5-8-22(25)24(26)27)21-14-13-18-6-3-4-7-20(18)16-21/h3-4,6-7,9-14,16,22-23H,2,5,8,15H2,1H3,(H,26,27). The maximum atomic E-state index is 11.9. The molecule has 1 heterocycles. The van der Waals surface area contributed by atoms with Crippen LogP contribution >= 0.6 is 0 Å². The van der Waals surface area contributed by atoms with Gasteiger partial charge in [0.1, 0.15) is 6.04 Å². The quantitative estimate of drug-likeness (QED) is 0.694. The number of rotatable bonds is 5. The first kappa shape index (κ1) is 17.7. The molecule has 0 spiro atoms. The molecule has 1 aliphatic heterocycles. The normalized spacial score (nSPS) is 18.6. The number of benzene rings is 3. The number of aryl methyl sites for hydroxylation is 1. The molecule has 4 rings (SSSR count). The summed E-state index contributed by atoms with van der Waals surface area (Å²) in [5.41, 5.74) is 3.62. The molecular weight excluding hydrogens is 334 g/mol. The zero-order valence-electron chi connectivity index (χ0n) is 15.6. The van der Waals surface area contributed by atoms with Crippen LogP contribution in [0.4, 0.5) is 0 Å². The summed E-state index contributed by atoms with van der Waals surface area (Å²) in [4.78, 5) is 14.0. The number of carboxylic acid groups (broad SMARTS) is 1. The van der Waals surface area contributed by atoms with Crippen molar-refractivity contribution in [1.82, 2.24) is 4.90 Å². The van der Waals surface area contributed by atoms with E-state index in [0.29, 0.717) is 6.42 Å². The minimum absolute atomic E-state index is 0.0379. The zero-order chi connectivity index (χ0) is 18.8. The van der Waals surface area contributed by atoms with Crippen molar-refractivity contribution in [3.05, 3.63) is 83.4 Å². The Balaban J connectivity index is 1.82. The number of fused-ring (bicyclic) bond motifs is 1. The van der Waals surface area contributed by atoms with E-state index in [0.717, 1.165) is 30.5 Å². The highest BCUT2D eigenvalue weighted by atomic mass is 16.4. The Morgan fingerprint density at radius 1 is 1.04 bits per heavy atom. The first-order valence-electron chi connectivity index (χ1n) is 9.73. The number of carboxylic acids is 1. The lowest BCUT2D eigenvalue weighted by Crippen LogP contribution is -2.39. The minimum Gasteiger partial charge on any atom is -0.480 e. The van der Waals surface area contributed by atoms with Crippen molar-refractivity contribution < 1.29 is 9.90 Å². The summed E-state index contributed by atoms with van der Waals surface area (Å²) in [6.07, 6.45) is 2.64. The van der Waals surface area contributed by atoms with Crippen LogP contribution in [0.5, 0.6) is 0 Å². The molecule has 0 aromatic heterocycles. The van der Waals surface area contributed by atoms with Gasteiger partial charge in [-0.1, -0.05) is 67.6 Å². The highest BCUT2D eigenvalue weighted by Gasteiger charge is 2.36. The fourth-order valence-electron chi connectivity index (χ4n) is 4.25. The molecule has 1 fully saturated rings. The van der Waals surface area contributed by atoms with Gasteiger partial charge in [0, 0.05) is 6.54 Å². The van der Waals surface area contributed by atoms with Crippen LogP contribution in [0.25, 0.3) is 10.8 Å². The third-order valence-corrected chi connectivity index (χ3v) is 5.70. The van der Waals surface area contributed by atoms with Crippen LogP contribution in [-0.2, 0) is 11.2 Å². The summed E-state index contributed by atoms with van der Waals surface area (Å²) in [7, 11) is 0. The lowest BCUT2D eigenvalue weighted by Gasteiger charge is -2.32. The third-order valence-electron chi connectivity index (χ3n) is 5.70. The van der Waals surface area contributed by atoms with Crippen LogP contribution in [0.1, 0.15) is 42.5 Å². The highest BCUT2D eigenvalue weighted by molar-refractivity contribution is 5.83. The van der Waals surface area contributed by atoms with Crippen LogP contribution in [0, 0.1) is 0 Å². The van der Waals surface area contributed by atoms with Crippen molar-refractivity contribution in [2.24, 2.45) is 0 Å². The van der Waals surface area contributed by atoms with Crippen molar-refractivity contribution in [2.75, 3.05) is 6.54 Å². The molecule has 3 heteroatoms. The fourth-order valence-corrected chi connectivity index (χ4v) is 4.25. The predicted octanol–water partition coefficient (Wildman–Crippen LogP) is 5.04. The summed E-state index contributed by atoms with van der Waals surface area (Å²) in [6, 6.07) is 23.0. The monoisotopic (exact) mass is 359 g/mol. The Morgan fingerprint density at radius 3 is 2.44 bits per heavy atom. The first-order chi connectivity index (χ1) is 13.2. The molecule has 3 nitrogen and oxygen atoms in total. The molecular formula is C24H25NO2. The van der Waals surface area contributed by atoms with E-state index in [1.165, 1.54) is 16.3 Å². The third kappa shape index (κ3) is 3.47. The van der Waals surface area contributed by atoms with Crippen LogP contribution < -0.4 is 0 Å².